The molecule has 0 bridgehead atoms. The Kier molecular flexibility index (Phi) is 4.24. The highest BCUT2D eigenvalue weighted by molar-refractivity contribution is 5.63. The third kappa shape index (κ3) is 3.19. The second-order valence-electron chi connectivity index (χ2n) is 5.48. The van der Waals surface area contributed by atoms with Gasteiger partial charge in [0.15, 0.2) is 0 Å². The van der Waals surface area contributed by atoms with Crippen molar-refractivity contribution in [3.8, 4) is 0 Å². The molecule has 0 spiro atoms. The van der Waals surface area contributed by atoms with Crippen LogP contribution in [0.1, 0.15) is 30.5 Å². The number of nitrogens with zero attached hydrogens (tertiary/aromatic N) is 2. The van der Waals surface area contributed by atoms with Crippen LogP contribution in [0.15, 0.2) is 71.9 Å². The molecular formula is C19H19N2O+. The highest BCUT2D eigenvalue weighted by Crippen LogP contribution is 2.30. The SMILES string of the molecule is CC(=O)[N+]1=NC(C=Cc2ccccc2)CC1c1ccccc1. The molecule has 2 aromatic rings. The third-order valence-electron chi connectivity index (χ3n) is 3.85. The number of amides is 1. The molecule has 2 aromatic carbocycles. The van der Waals surface area contributed by atoms with Crippen molar-refractivity contribution >= 4 is 12.0 Å². The zero-order valence-corrected chi connectivity index (χ0v) is 12.6. The Morgan fingerprint density at radius 1 is 1.09 bits per heavy atom. The van der Waals surface area contributed by atoms with E-state index in [1.165, 1.54) is 0 Å². The molecule has 0 N–H and O–H groups in total. The van der Waals surface area contributed by atoms with Crippen LogP contribution in [-0.4, -0.2) is 16.6 Å². The van der Waals surface area contributed by atoms with E-state index in [-0.39, 0.29) is 18.0 Å². The monoisotopic (exact) mass is 291 g/mol. The van der Waals surface area contributed by atoms with Crippen LogP contribution in [0.25, 0.3) is 6.08 Å². The molecule has 0 saturated heterocycles. The van der Waals surface area contributed by atoms with Crippen molar-refractivity contribution in [2.45, 2.75) is 25.4 Å². The van der Waals surface area contributed by atoms with E-state index in [4.69, 9.17) is 0 Å². The molecule has 3 rings (SSSR count). The largest absolute Gasteiger partial charge is 0.408 e. The summed E-state index contributed by atoms with van der Waals surface area (Å²) in [6.45, 7) is 1.57. The molecule has 110 valence electrons. The number of rotatable bonds is 3. The summed E-state index contributed by atoms with van der Waals surface area (Å²) in [6.07, 6.45) is 4.97. The molecule has 1 aliphatic rings. The van der Waals surface area contributed by atoms with Gasteiger partial charge in [-0.3, -0.25) is 0 Å². The Morgan fingerprint density at radius 3 is 2.36 bits per heavy atom. The molecule has 1 heterocycles. The average molecular weight is 291 g/mol. The second kappa shape index (κ2) is 6.48. The van der Waals surface area contributed by atoms with Crippen molar-refractivity contribution < 1.29 is 9.49 Å². The lowest BCUT2D eigenvalue weighted by Gasteiger charge is -2.04. The van der Waals surface area contributed by atoms with Crippen LogP contribution in [0, 0.1) is 0 Å². The minimum absolute atomic E-state index is 0.00976. The molecule has 2 atom stereocenters. The van der Waals surface area contributed by atoms with Crippen LogP contribution in [0.3, 0.4) is 0 Å². The summed E-state index contributed by atoms with van der Waals surface area (Å²) in [5.74, 6) is -0.00976. The second-order valence-corrected chi connectivity index (χ2v) is 5.48. The first-order valence-corrected chi connectivity index (χ1v) is 7.53. The van der Waals surface area contributed by atoms with E-state index in [1.807, 2.05) is 36.4 Å². The van der Waals surface area contributed by atoms with Gasteiger partial charge in [0.05, 0.1) is 6.92 Å². The zero-order chi connectivity index (χ0) is 15.4. The van der Waals surface area contributed by atoms with Crippen molar-refractivity contribution in [2.24, 2.45) is 5.11 Å². The number of hydrogen-bond acceptors (Lipinski definition) is 2. The summed E-state index contributed by atoms with van der Waals surface area (Å²) >= 11 is 0. The molecule has 3 nitrogen and oxygen atoms in total. The predicted octanol–water partition coefficient (Wildman–Crippen LogP) is 4.22. The van der Waals surface area contributed by atoms with Crippen molar-refractivity contribution in [2.75, 3.05) is 0 Å². The smallest absolute Gasteiger partial charge is 0.217 e. The lowest BCUT2D eigenvalue weighted by molar-refractivity contribution is -0.541. The van der Waals surface area contributed by atoms with Crippen LogP contribution in [0.5, 0.6) is 0 Å². The summed E-state index contributed by atoms with van der Waals surface area (Å²) in [4.78, 5) is 11.9. The van der Waals surface area contributed by atoms with Crippen LogP contribution in [-0.2, 0) is 4.79 Å². The number of azo groups is 2. The minimum Gasteiger partial charge on any atom is -0.217 e. The van der Waals surface area contributed by atoms with E-state index in [2.05, 4.69) is 41.5 Å². The number of benzene rings is 2. The zero-order valence-electron chi connectivity index (χ0n) is 12.6. The maximum Gasteiger partial charge on any atom is 0.408 e. The molecule has 0 radical (unpaired) electrons. The highest BCUT2D eigenvalue weighted by atomic mass is 16.2. The fourth-order valence-corrected chi connectivity index (χ4v) is 2.77. The highest BCUT2D eigenvalue weighted by Gasteiger charge is 2.38. The maximum absolute atomic E-state index is 11.9. The first-order valence-electron chi connectivity index (χ1n) is 7.53. The Hall–Kier alpha value is -2.55. The number of carbonyl (C=O) groups is 1. The predicted molar refractivity (Wildman–Crippen MR) is 86.4 cm³/mol. The molecule has 0 aromatic heterocycles. The summed E-state index contributed by atoms with van der Waals surface area (Å²) in [6, 6.07) is 20.3. The fourth-order valence-electron chi connectivity index (χ4n) is 2.77. The van der Waals surface area contributed by atoms with Crippen LogP contribution in [0.2, 0.25) is 0 Å². The van der Waals surface area contributed by atoms with Gasteiger partial charge < -0.3 is 0 Å². The Bertz CT molecular complexity index is 705. The van der Waals surface area contributed by atoms with E-state index < -0.39 is 0 Å². The summed E-state index contributed by atoms with van der Waals surface area (Å²) in [5, 5.41) is 4.56. The molecule has 0 fully saturated rings. The van der Waals surface area contributed by atoms with Gasteiger partial charge in [0, 0.05) is 12.0 Å². The van der Waals surface area contributed by atoms with Gasteiger partial charge >= 0.3 is 5.91 Å². The minimum atomic E-state index is -0.00976. The van der Waals surface area contributed by atoms with Crippen molar-refractivity contribution in [1.29, 1.82) is 0 Å². The van der Waals surface area contributed by atoms with E-state index >= 15 is 0 Å². The quantitative estimate of drug-likeness (QED) is 0.779. The van der Waals surface area contributed by atoms with Crippen molar-refractivity contribution in [3.05, 3.63) is 77.9 Å². The fraction of sp³-hybridized carbons (Fsp3) is 0.211. The first-order chi connectivity index (χ1) is 10.7. The average Bonchev–Trinajstić information content (AvgIpc) is 2.99. The van der Waals surface area contributed by atoms with Gasteiger partial charge in [-0.1, -0.05) is 72.8 Å². The lowest BCUT2D eigenvalue weighted by Crippen LogP contribution is -2.17. The van der Waals surface area contributed by atoms with E-state index in [0.717, 1.165) is 17.5 Å². The molecular weight excluding hydrogens is 272 g/mol. The summed E-state index contributed by atoms with van der Waals surface area (Å²) in [7, 11) is 0. The summed E-state index contributed by atoms with van der Waals surface area (Å²) < 4.78 is 1.62. The first kappa shape index (κ1) is 14.4. The van der Waals surface area contributed by atoms with E-state index in [0.29, 0.717) is 0 Å². The molecule has 0 aliphatic carbocycles. The van der Waals surface area contributed by atoms with Gasteiger partial charge in [0.25, 0.3) is 0 Å². The van der Waals surface area contributed by atoms with E-state index in [9.17, 15) is 4.79 Å². The van der Waals surface area contributed by atoms with Crippen LogP contribution < -0.4 is 0 Å². The van der Waals surface area contributed by atoms with Gasteiger partial charge in [-0.2, -0.15) is 0 Å². The standard InChI is InChI=1S/C19H19N2O/c1-15(22)21-19(17-10-6-3-7-11-17)14-18(20-21)13-12-16-8-4-2-5-9-16/h2-13,18-19H,14H2,1H3/q+1. The molecule has 2 unspecified atom stereocenters. The molecule has 22 heavy (non-hydrogen) atoms. The van der Waals surface area contributed by atoms with Crippen LogP contribution >= 0.6 is 0 Å². The molecule has 3 heteroatoms. The number of hydrogen-bond donors (Lipinski definition) is 0. The van der Waals surface area contributed by atoms with E-state index in [1.54, 1.807) is 11.6 Å². The van der Waals surface area contributed by atoms with Gasteiger partial charge in [0.2, 0.25) is 6.04 Å². The molecule has 1 aliphatic heterocycles. The lowest BCUT2D eigenvalue weighted by atomic mass is 10.0. The summed E-state index contributed by atoms with van der Waals surface area (Å²) in [5.41, 5.74) is 2.28. The Morgan fingerprint density at radius 2 is 1.73 bits per heavy atom. The maximum atomic E-state index is 11.9. The molecule has 0 saturated carbocycles. The Balaban J connectivity index is 1.81. The van der Waals surface area contributed by atoms with Gasteiger partial charge in [-0.25, -0.2) is 4.79 Å². The topological polar surface area (TPSA) is 32.4 Å². The third-order valence-corrected chi connectivity index (χ3v) is 3.85. The normalized spacial score (nSPS) is 21.0. The molecule has 1 amide bonds. The van der Waals surface area contributed by atoms with Gasteiger partial charge in [-0.15, -0.1) is 0 Å². The number of carbonyl (C=O) groups excluding carboxylic acids is 1. The van der Waals surface area contributed by atoms with Gasteiger partial charge in [-0.05, 0) is 15.4 Å². The van der Waals surface area contributed by atoms with Gasteiger partial charge in [0.1, 0.15) is 6.04 Å². The van der Waals surface area contributed by atoms with Crippen molar-refractivity contribution in [3.63, 3.8) is 0 Å². The van der Waals surface area contributed by atoms with Crippen molar-refractivity contribution in [1.82, 2.24) is 0 Å². The Labute approximate surface area is 130 Å². The van der Waals surface area contributed by atoms with Crippen LogP contribution in [0.4, 0.5) is 0 Å².